The van der Waals surface area contributed by atoms with Crippen LogP contribution in [0.4, 0.5) is 5.69 Å². The maximum Gasteiger partial charge on any atom is 0.241 e. The molecule has 0 aliphatic rings. The Morgan fingerprint density at radius 2 is 1.81 bits per heavy atom. The lowest BCUT2D eigenvalue weighted by molar-refractivity contribution is -0.128. The third kappa shape index (κ3) is 4.08. The van der Waals surface area contributed by atoms with Gasteiger partial charge >= 0.3 is 0 Å². The molecule has 0 aliphatic carbocycles. The standard InChI is InChI=1S/C17H17N3O/c1-20(13-14-7-3-2-4-8-14)17(21)12-19-16-10-6-5-9-15(16)11-18/h2-10,19H,12-13H2,1H3. The molecule has 106 valence electrons. The van der Waals surface area contributed by atoms with Crippen LogP contribution < -0.4 is 5.32 Å². The summed E-state index contributed by atoms with van der Waals surface area (Å²) in [7, 11) is 1.77. The maximum atomic E-state index is 12.1. The average Bonchev–Trinajstić information content (AvgIpc) is 2.53. The number of likely N-dealkylation sites (N-methyl/N-ethyl adjacent to an activating group) is 1. The summed E-state index contributed by atoms with van der Waals surface area (Å²) in [5.41, 5.74) is 2.31. The zero-order chi connectivity index (χ0) is 15.1. The van der Waals surface area contributed by atoms with Crippen molar-refractivity contribution in [1.82, 2.24) is 4.90 Å². The lowest BCUT2D eigenvalue weighted by Gasteiger charge is -2.18. The van der Waals surface area contributed by atoms with Crippen LogP contribution in [0.25, 0.3) is 0 Å². The Labute approximate surface area is 124 Å². The molecule has 0 atom stereocenters. The summed E-state index contributed by atoms with van der Waals surface area (Å²) in [5, 5.41) is 12.0. The molecule has 0 spiro atoms. The molecule has 0 saturated carbocycles. The smallest absolute Gasteiger partial charge is 0.241 e. The van der Waals surface area contributed by atoms with Crippen LogP contribution >= 0.6 is 0 Å². The van der Waals surface area contributed by atoms with Crippen LogP contribution in [0, 0.1) is 11.3 Å². The fourth-order valence-electron chi connectivity index (χ4n) is 1.99. The van der Waals surface area contributed by atoms with Gasteiger partial charge < -0.3 is 10.2 Å². The zero-order valence-electron chi connectivity index (χ0n) is 11.9. The van der Waals surface area contributed by atoms with E-state index in [0.29, 0.717) is 17.8 Å². The summed E-state index contributed by atoms with van der Waals surface area (Å²) in [6, 6.07) is 19.1. The number of anilines is 1. The lowest BCUT2D eigenvalue weighted by Crippen LogP contribution is -2.31. The van der Waals surface area contributed by atoms with Crippen molar-refractivity contribution in [3.05, 3.63) is 65.7 Å². The van der Waals surface area contributed by atoms with Gasteiger partial charge in [0.2, 0.25) is 5.91 Å². The van der Waals surface area contributed by atoms with Gasteiger partial charge in [-0.3, -0.25) is 4.79 Å². The topological polar surface area (TPSA) is 56.1 Å². The average molecular weight is 279 g/mol. The van der Waals surface area contributed by atoms with Gasteiger partial charge in [0.05, 0.1) is 17.8 Å². The number of amides is 1. The SMILES string of the molecule is CN(Cc1ccccc1)C(=O)CNc1ccccc1C#N. The minimum absolute atomic E-state index is 0.0217. The summed E-state index contributed by atoms with van der Waals surface area (Å²) < 4.78 is 0. The molecule has 1 amide bonds. The molecule has 0 fully saturated rings. The van der Waals surface area contributed by atoms with Crippen LogP contribution in [0.1, 0.15) is 11.1 Å². The highest BCUT2D eigenvalue weighted by molar-refractivity contribution is 5.81. The van der Waals surface area contributed by atoms with Crippen LogP contribution in [-0.4, -0.2) is 24.4 Å². The molecule has 0 heterocycles. The monoisotopic (exact) mass is 279 g/mol. The quantitative estimate of drug-likeness (QED) is 0.915. The van der Waals surface area contributed by atoms with Crippen molar-refractivity contribution in [1.29, 1.82) is 5.26 Å². The van der Waals surface area contributed by atoms with E-state index in [1.807, 2.05) is 36.4 Å². The molecule has 0 unspecified atom stereocenters. The van der Waals surface area contributed by atoms with Crippen LogP contribution in [-0.2, 0) is 11.3 Å². The number of carbonyl (C=O) groups is 1. The number of rotatable bonds is 5. The molecule has 0 saturated heterocycles. The van der Waals surface area contributed by atoms with Gasteiger partial charge in [-0.25, -0.2) is 0 Å². The Balaban J connectivity index is 1.91. The van der Waals surface area contributed by atoms with Crippen molar-refractivity contribution in [2.45, 2.75) is 6.54 Å². The molecule has 2 rings (SSSR count). The predicted molar refractivity (Wildman–Crippen MR) is 82.6 cm³/mol. The number of hydrogen-bond donors (Lipinski definition) is 1. The molecule has 0 radical (unpaired) electrons. The molecule has 0 bridgehead atoms. The van der Waals surface area contributed by atoms with E-state index in [4.69, 9.17) is 5.26 Å². The second-order valence-electron chi connectivity index (χ2n) is 4.75. The number of benzene rings is 2. The molecule has 21 heavy (non-hydrogen) atoms. The normalized spacial score (nSPS) is 9.71. The van der Waals surface area contributed by atoms with Crippen molar-refractivity contribution in [3.63, 3.8) is 0 Å². The second kappa shape index (κ2) is 7.11. The number of nitrogens with one attached hydrogen (secondary N) is 1. The number of hydrogen-bond acceptors (Lipinski definition) is 3. The largest absolute Gasteiger partial charge is 0.375 e. The molecule has 4 heteroatoms. The van der Waals surface area contributed by atoms with E-state index in [-0.39, 0.29) is 12.5 Å². The molecule has 0 aromatic heterocycles. The fourth-order valence-corrected chi connectivity index (χ4v) is 1.99. The molecule has 2 aromatic carbocycles. The van der Waals surface area contributed by atoms with E-state index in [1.165, 1.54) is 0 Å². The summed E-state index contributed by atoms with van der Waals surface area (Å²) >= 11 is 0. The van der Waals surface area contributed by atoms with E-state index in [2.05, 4.69) is 11.4 Å². The number of nitriles is 1. The van der Waals surface area contributed by atoms with Gasteiger partial charge in [-0.15, -0.1) is 0 Å². The van der Waals surface area contributed by atoms with E-state index in [9.17, 15) is 4.79 Å². The Morgan fingerprint density at radius 1 is 1.14 bits per heavy atom. The molecule has 1 N–H and O–H groups in total. The minimum Gasteiger partial charge on any atom is -0.375 e. The van der Waals surface area contributed by atoms with Crippen molar-refractivity contribution in [3.8, 4) is 6.07 Å². The van der Waals surface area contributed by atoms with E-state index in [1.54, 1.807) is 30.1 Å². The molecular formula is C17H17N3O. The highest BCUT2D eigenvalue weighted by Gasteiger charge is 2.09. The van der Waals surface area contributed by atoms with Crippen LogP contribution in [0.5, 0.6) is 0 Å². The van der Waals surface area contributed by atoms with E-state index in [0.717, 1.165) is 5.56 Å². The van der Waals surface area contributed by atoms with Gasteiger partial charge in [0.1, 0.15) is 6.07 Å². The number of carbonyl (C=O) groups excluding carboxylic acids is 1. The zero-order valence-corrected chi connectivity index (χ0v) is 11.9. The van der Waals surface area contributed by atoms with Crippen LogP contribution in [0.15, 0.2) is 54.6 Å². The highest BCUT2D eigenvalue weighted by Crippen LogP contribution is 2.13. The lowest BCUT2D eigenvalue weighted by atomic mass is 10.2. The first-order chi connectivity index (χ1) is 10.2. The Morgan fingerprint density at radius 3 is 2.52 bits per heavy atom. The van der Waals surface area contributed by atoms with Gasteiger partial charge in [-0.1, -0.05) is 42.5 Å². The van der Waals surface area contributed by atoms with Crippen LogP contribution in [0.2, 0.25) is 0 Å². The Hall–Kier alpha value is -2.80. The first kappa shape index (κ1) is 14.6. The Bertz CT molecular complexity index is 647. The first-order valence-electron chi connectivity index (χ1n) is 6.71. The number of para-hydroxylation sites is 1. The van der Waals surface area contributed by atoms with Gasteiger partial charge in [-0.2, -0.15) is 5.26 Å². The number of nitrogens with zero attached hydrogens (tertiary/aromatic N) is 2. The predicted octanol–water partition coefficient (Wildman–Crippen LogP) is 2.63. The summed E-state index contributed by atoms with van der Waals surface area (Å²) in [5.74, 6) is -0.0217. The fraction of sp³-hybridized carbons (Fsp3) is 0.176. The molecule has 0 aliphatic heterocycles. The van der Waals surface area contributed by atoms with Crippen molar-refractivity contribution in [2.75, 3.05) is 18.9 Å². The van der Waals surface area contributed by atoms with Crippen molar-refractivity contribution >= 4 is 11.6 Å². The first-order valence-corrected chi connectivity index (χ1v) is 6.71. The minimum atomic E-state index is -0.0217. The second-order valence-corrected chi connectivity index (χ2v) is 4.75. The molecular weight excluding hydrogens is 262 g/mol. The van der Waals surface area contributed by atoms with Gasteiger partial charge in [0, 0.05) is 13.6 Å². The van der Waals surface area contributed by atoms with Crippen molar-refractivity contribution < 1.29 is 4.79 Å². The molecule has 4 nitrogen and oxygen atoms in total. The van der Waals surface area contributed by atoms with Gasteiger partial charge in [0.15, 0.2) is 0 Å². The van der Waals surface area contributed by atoms with Crippen molar-refractivity contribution in [2.24, 2.45) is 0 Å². The van der Waals surface area contributed by atoms with Gasteiger partial charge in [0.25, 0.3) is 0 Å². The van der Waals surface area contributed by atoms with Crippen LogP contribution in [0.3, 0.4) is 0 Å². The summed E-state index contributed by atoms with van der Waals surface area (Å²) in [6.07, 6.45) is 0. The summed E-state index contributed by atoms with van der Waals surface area (Å²) in [4.78, 5) is 13.8. The van der Waals surface area contributed by atoms with E-state index >= 15 is 0 Å². The molecule has 2 aromatic rings. The van der Waals surface area contributed by atoms with Gasteiger partial charge in [-0.05, 0) is 17.7 Å². The van der Waals surface area contributed by atoms with E-state index < -0.39 is 0 Å². The maximum absolute atomic E-state index is 12.1. The Kier molecular flexibility index (Phi) is 4.94. The third-order valence-electron chi connectivity index (χ3n) is 3.17. The summed E-state index contributed by atoms with van der Waals surface area (Å²) in [6.45, 7) is 0.739. The highest BCUT2D eigenvalue weighted by atomic mass is 16.2. The third-order valence-corrected chi connectivity index (χ3v) is 3.17.